The van der Waals surface area contributed by atoms with Gasteiger partial charge in [-0.15, -0.1) is 0 Å². The van der Waals surface area contributed by atoms with Crippen LogP contribution in [0.3, 0.4) is 0 Å². The number of nitrogens with zero attached hydrogens (tertiary/aromatic N) is 1. The molecule has 29 heavy (non-hydrogen) atoms. The first-order chi connectivity index (χ1) is 14.1. The molecule has 7 nitrogen and oxygen atoms in total. The Kier molecular flexibility index (Phi) is 7.04. The van der Waals surface area contributed by atoms with Crippen molar-refractivity contribution in [2.24, 2.45) is 0 Å². The summed E-state index contributed by atoms with van der Waals surface area (Å²) in [6, 6.07) is 16.1. The van der Waals surface area contributed by atoms with Gasteiger partial charge in [0.1, 0.15) is 5.75 Å². The SMILES string of the molecule is COCCN1C(=O)S/C(=C/c2ccc(OCC(=O)Nc3ccccc3)cc2)C1=O. The number of rotatable bonds is 8. The van der Waals surface area contributed by atoms with Gasteiger partial charge in [-0.2, -0.15) is 0 Å². The van der Waals surface area contributed by atoms with Crippen molar-refractivity contribution in [3.8, 4) is 5.75 Å². The number of thioether (sulfide) groups is 1. The van der Waals surface area contributed by atoms with Crippen molar-refractivity contribution in [3.63, 3.8) is 0 Å². The molecule has 0 aromatic heterocycles. The van der Waals surface area contributed by atoms with Crippen LogP contribution in [0.25, 0.3) is 6.08 Å². The number of hydrogen-bond donors (Lipinski definition) is 1. The number of ether oxygens (including phenoxy) is 2. The molecule has 2 aromatic rings. The molecule has 8 heteroatoms. The quantitative estimate of drug-likeness (QED) is 0.669. The third-order valence-corrected chi connectivity index (χ3v) is 4.91. The molecule has 1 saturated heterocycles. The molecule has 0 saturated carbocycles. The Morgan fingerprint density at radius 2 is 1.83 bits per heavy atom. The van der Waals surface area contributed by atoms with Crippen LogP contribution in [0.1, 0.15) is 5.56 Å². The van der Waals surface area contributed by atoms with Crippen molar-refractivity contribution in [2.45, 2.75) is 0 Å². The number of para-hydroxylation sites is 1. The minimum absolute atomic E-state index is 0.118. The van der Waals surface area contributed by atoms with Crippen LogP contribution in [0.2, 0.25) is 0 Å². The topological polar surface area (TPSA) is 84.9 Å². The Morgan fingerprint density at radius 1 is 1.10 bits per heavy atom. The maximum atomic E-state index is 12.3. The Hall–Kier alpha value is -3.10. The number of amides is 3. The van der Waals surface area contributed by atoms with Gasteiger partial charge < -0.3 is 14.8 Å². The zero-order chi connectivity index (χ0) is 20.6. The van der Waals surface area contributed by atoms with Crippen molar-refractivity contribution in [3.05, 3.63) is 65.1 Å². The average molecular weight is 412 g/mol. The van der Waals surface area contributed by atoms with E-state index in [1.807, 2.05) is 18.2 Å². The molecule has 150 valence electrons. The highest BCUT2D eigenvalue weighted by atomic mass is 32.2. The summed E-state index contributed by atoms with van der Waals surface area (Å²) in [6.45, 7) is 0.415. The van der Waals surface area contributed by atoms with E-state index in [0.717, 1.165) is 17.3 Å². The lowest BCUT2D eigenvalue weighted by molar-refractivity contribution is -0.123. The first-order valence-electron chi connectivity index (χ1n) is 8.89. The maximum absolute atomic E-state index is 12.3. The highest BCUT2D eigenvalue weighted by Crippen LogP contribution is 2.32. The van der Waals surface area contributed by atoms with Crippen LogP contribution in [0.4, 0.5) is 10.5 Å². The van der Waals surface area contributed by atoms with Gasteiger partial charge >= 0.3 is 0 Å². The zero-order valence-corrected chi connectivity index (χ0v) is 16.6. The van der Waals surface area contributed by atoms with E-state index < -0.39 is 0 Å². The molecule has 2 aromatic carbocycles. The summed E-state index contributed by atoms with van der Waals surface area (Å²) in [7, 11) is 1.52. The Bertz CT molecular complexity index is 912. The number of carbonyl (C=O) groups excluding carboxylic acids is 3. The summed E-state index contributed by atoms with van der Waals surface area (Å²) in [5.74, 6) is -0.0569. The molecular formula is C21H20N2O5S. The maximum Gasteiger partial charge on any atom is 0.293 e. The van der Waals surface area contributed by atoms with Gasteiger partial charge in [-0.3, -0.25) is 19.3 Å². The molecule has 1 fully saturated rings. The first kappa shape index (κ1) is 20.6. The van der Waals surface area contributed by atoms with Crippen LogP contribution in [0.5, 0.6) is 5.75 Å². The lowest BCUT2D eigenvalue weighted by atomic mass is 10.2. The second kappa shape index (κ2) is 9.90. The van der Waals surface area contributed by atoms with E-state index in [4.69, 9.17) is 9.47 Å². The van der Waals surface area contributed by atoms with E-state index >= 15 is 0 Å². The number of benzene rings is 2. The highest BCUT2D eigenvalue weighted by Gasteiger charge is 2.34. The van der Waals surface area contributed by atoms with Gasteiger partial charge in [-0.1, -0.05) is 30.3 Å². The molecule has 3 amide bonds. The largest absolute Gasteiger partial charge is 0.484 e. The standard InChI is InChI=1S/C21H20N2O5S/c1-27-12-11-23-20(25)18(29-21(23)26)13-15-7-9-17(10-8-15)28-14-19(24)22-16-5-3-2-4-6-16/h2-10,13H,11-12,14H2,1H3,(H,22,24)/b18-13+. The van der Waals surface area contributed by atoms with Gasteiger partial charge in [0.2, 0.25) is 0 Å². The lowest BCUT2D eigenvalue weighted by Crippen LogP contribution is -2.31. The van der Waals surface area contributed by atoms with E-state index in [9.17, 15) is 14.4 Å². The minimum Gasteiger partial charge on any atom is -0.484 e. The monoisotopic (exact) mass is 412 g/mol. The van der Waals surface area contributed by atoms with Gasteiger partial charge in [-0.05, 0) is 47.7 Å². The van der Waals surface area contributed by atoms with Gasteiger partial charge in [0.05, 0.1) is 18.1 Å². The van der Waals surface area contributed by atoms with E-state index in [0.29, 0.717) is 22.9 Å². The number of carbonyl (C=O) groups is 3. The van der Waals surface area contributed by atoms with Crippen molar-refractivity contribution >= 4 is 40.6 Å². The van der Waals surface area contributed by atoms with Crippen molar-refractivity contribution in [1.29, 1.82) is 0 Å². The molecule has 0 unspecified atom stereocenters. The van der Waals surface area contributed by atoms with E-state index in [-0.39, 0.29) is 30.2 Å². The normalized spacial score (nSPS) is 15.1. The van der Waals surface area contributed by atoms with Crippen LogP contribution < -0.4 is 10.1 Å². The Labute approximate surface area is 172 Å². The van der Waals surface area contributed by atoms with Gasteiger partial charge in [-0.25, -0.2) is 0 Å². The number of methoxy groups -OCH3 is 1. The van der Waals surface area contributed by atoms with E-state index in [2.05, 4.69) is 5.32 Å². The van der Waals surface area contributed by atoms with Crippen LogP contribution in [-0.4, -0.2) is 48.8 Å². The molecule has 1 heterocycles. The van der Waals surface area contributed by atoms with Gasteiger partial charge in [0, 0.05) is 12.8 Å². The average Bonchev–Trinajstić information content (AvgIpc) is 2.99. The second-order valence-electron chi connectivity index (χ2n) is 6.10. The van der Waals surface area contributed by atoms with E-state index in [1.165, 1.54) is 12.0 Å². The zero-order valence-electron chi connectivity index (χ0n) is 15.8. The summed E-state index contributed by atoms with van der Waals surface area (Å²) in [4.78, 5) is 37.7. The van der Waals surface area contributed by atoms with Crippen LogP contribution in [0.15, 0.2) is 59.5 Å². The van der Waals surface area contributed by atoms with Crippen molar-refractivity contribution < 1.29 is 23.9 Å². The number of nitrogens with one attached hydrogen (secondary N) is 1. The number of anilines is 1. The molecule has 1 aliphatic rings. The molecule has 0 atom stereocenters. The van der Waals surface area contributed by atoms with Crippen molar-refractivity contribution in [2.75, 3.05) is 32.2 Å². The third-order valence-electron chi connectivity index (χ3n) is 4.00. The summed E-state index contributed by atoms with van der Waals surface area (Å²) >= 11 is 0.905. The first-order valence-corrected chi connectivity index (χ1v) is 9.70. The fraction of sp³-hybridized carbons (Fsp3) is 0.190. The van der Waals surface area contributed by atoms with Gasteiger partial charge in [0.25, 0.3) is 17.1 Å². The summed E-state index contributed by atoms with van der Waals surface area (Å²) in [5.41, 5.74) is 1.46. The Balaban J connectivity index is 1.55. The molecule has 1 aliphatic heterocycles. The predicted molar refractivity (Wildman–Crippen MR) is 112 cm³/mol. The van der Waals surface area contributed by atoms with E-state index in [1.54, 1.807) is 42.5 Å². The van der Waals surface area contributed by atoms with Crippen LogP contribution in [-0.2, 0) is 14.3 Å². The van der Waals surface area contributed by atoms with Crippen LogP contribution >= 0.6 is 11.8 Å². The second-order valence-corrected chi connectivity index (χ2v) is 7.09. The predicted octanol–water partition coefficient (Wildman–Crippen LogP) is 3.39. The molecular weight excluding hydrogens is 392 g/mol. The van der Waals surface area contributed by atoms with Crippen LogP contribution in [0, 0.1) is 0 Å². The van der Waals surface area contributed by atoms with Crippen molar-refractivity contribution in [1.82, 2.24) is 4.90 Å². The third kappa shape index (κ3) is 5.69. The Morgan fingerprint density at radius 3 is 2.52 bits per heavy atom. The molecule has 0 aliphatic carbocycles. The highest BCUT2D eigenvalue weighted by molar-refractivity contribution is 8.18. The number of imide groups is 1. The molecule has 0 bridgehead atoms. The summed E-state index contributed by atoms with van der Waals surface area (Å²) in [5, 5.41) is 2.44. The fourth-order valence-electron chi connectivity index (χ4n) is 2.55. The lowest BCUT2D eigenvalue weighted by Gasteiger charge is -2.10. The fourth-order valence-corrected chi connectivity index (χ4v) is 3.42. The minimum atomic E-state index is -0.324. The molecule has 1 N–H and O–H groups in total. The summed E-state index contributed by atoms with van der Waals surface area (Å²) < 4.78 is 10.4. The summed E-state index contributed by atoms with van der Waals surface area (Å²) in [6.07, 6.45) is 1.66. The van der Waals surface area contributed by atoms with Gasteiger partial charge in [0.15, 0.2) is 6.61 Å². The molecule has 0 spiro atoms. The molecule has 3 rings (SSSR count). The molecule has 0 radical (unpaired) electrons. The number of hydrogen-bond acceptors (Lipinski definition) is 6. The smallest absolute Gasteiger partial charge is 0.293 e.